The summed E-state index contributed by atoms with van der Waals surface area (Å²) in [7, 11) is 0. The number of furan rings is 1. The Kier molecular flexibility index (Phi) is 3.66. The van der Waals surface area contributed by atoms with Crippen LogP contribution >= 0.6 is 15.9 Å². The van der Waals surface area contributed by atoms with E-state index >= 15 is 0 Å². The zero-order valence-corrected chi connectivity index (χ0v) is 11.2. The van der Waals surface area contributed by atoms with Gasteiger partial charge in [-0.25, -0.2) is 0 Å². The van der Waals surface area contributed by atoms with Gasteiger partial charge in [0, 0.05) is 17.3 Å². The van der Waals surface area contributed by atoms with Crippen molar-refractivity contribution in [3.63, 3.8) is 0 Å². The second kappa shape index (κ2) is 5.22. The van der Waals surface area contributed by atoms with Crippen LogP contribution in [-0.4, -0.2) is 4.92 Å². The summed E-state index contributed by atoms with van der Waals surface area (Å²) in [6.07, 6.45) is 3.28. The molecule has 1 aromatic carbocycles. The third-order valence-corrected chi connectivity index (χ3v) is 3.21. The average molecular weight is 311 g/mol. The second-order valence-electron chi connectivity index (χ2n) is 3.85. The standard InChI is InChI=1S/C12H11BrN2O3/c1-8(9-4-5-18-7-9)14-10-2-3-12(15(16)17)11(13)6-10/h2-8,14H,1H3. The van der Waals surface area contributed by atoms with Gasteiger partial charge in [0.05, 0.1) is 28.0 Å². The van der Waals surface area contributed by atoms with E-state index in [1.807, 2.05) is 13.0 Å². The van der Waals surface area contributed by atoms with Crippen molar-refractivity contribution in [2.24, 2.45) is 0 Å². The lowest BCUT2D eigenvalue weighted by atomic mass is 10.1. The zero-order valence-electron chi connectivity index (χ0n) is 9.59. The van der Waals surface area contributed by atoms with E-state index in [4.69, 9.17) is 4.42 Å². The van der Waals surface area contributed by atoms with Gasteiger partial charge in [0.1, 0.15) is 0 Å². The number of hydrogen-bond donors (Lipinski definition) is 1. The molecule has 5 nitrogen and oxygen atoms in total. The number of nitrogens with zero attached hydrogens (tertiary/aromatic N) is 1. The van der Waals surface area contributed by atoms with Crippen molar-refractivity contribution in [2.75, 3.05) is 5.32 Å². The molecule has 1 N–H and O–H groups in total. The summed E-state index contributed by atoms with van der Waals surface area (Å²) in [4.78, 5) is 10.3. The summed E-state index contributed by atoms with van der Waals surface area (Å²) in [6, 6.07) is 6.78. The Balaban J connectivity index is 2.15. The number of rotatable bonds is 4. The van der Waals surface area contributed by atoms with Crippen molar-refractivity contribution < 1.29 is 9.34 Å². The number of nitrogens with one attached hydrogen (secondary N) is 1. The third kappa shape index (κ3) is 2.70. The molecule has 6 heteroatoms. The molecule has 0 saturated carbocycles. The minimum atomic E-state index is -0.423. The van der Waals surface area contributed by atoms with Crippen LogP contribution in [0.25, 0.3) is 0 Å². The summed E-state index contributed by atoms with van der Waals surface area (Å²) in [5.74, 6) is 0. The summed E-state index contributed by atoms with van der Waals surface area (Å²) >= 11 is 3.19. The Hall–Kier alpha value is -1.82. The molecule has 0 amide bonds. The predicted octanol–water partition coefficient (Wildman–Crippen LogP) is 4.12. The predicted molar refractivity (Wildman–Crippen MR) is 71.5 cm³/mol. The molecule has 94 valence electrons. The van der Waals surface area contributed by atoms with E-state index in [2.05, 4.69) is 21.2 Å². The highest BCUT2D eigenvalue weighted by atomic mass is 79.9. The lowest BCUT2D eigenvalue weighted by Crippen LogP contribution is -2.05. The number of benzene rings is 1. The first-order valence-corrected chi connectivity index (χ1v) is 6.10. The van der Waals surface area contributed by atoms with Gasteiger partial charge in [0.15, 0.2) is 0 Å². The smallest absolute Gasteiger partial charge is 0.283 e. The molecule has 2 rings (SSSR count). The van der Waals surface area contributed by atoms with Crippen LogP contribution < -0.4 is 5.32 Å². The Labute approximate surface area is 112 Å². The maximum atomic E-state index is 10.7. The summed E-state index contributed by atoms with van der Waals surface area (Å²) < 4.78 is 5.46. The van der Waals surface area contributed by atoms with Crippen LogP contribution in [-0.2, 0) is 0 Å². The third-order valence-electron chi connectivity index (χ3n) is 2.57. The van der Waals surface area contributed by atoms with Gasteiger partial charge in [-0.1, -0.05) is 0 Å². The van der Waals surface area contributed by atoms with Crippen molar-refractivity contribution in [3.05, 3.63) is 56.9 Å². The van der Waals surface area contributed by atoms with Gasteiger partial charge in [-0.2, -0.15) is 0 Å². The Morgan fingerprint density at radius 1 is 1.44 bits per heavy atom. The molecule has 0 aliphatic heterocycles. The quantitative estimate of drug-likeness (QED) is 0.681. The van der Waals surface area contributed by atoms with Crippen molar-refractivity contribution in [1.82, 2.24) is 0 Å². The summed E-state index contributed by atoms with van der Waals surface area (Å²) in [5.41, 5.74) is 1.88. The van der Waals surface area contributed by atoms with E-state index in [1.165, 1.54) is 6.07 Å². The summed E-state index contributed by atoms with van der Waals surface area (Å²) in [6.45, 7) is 1.99. The van der Waals surface area contributed by atoms with Crippen molar-refractivity contribution in [2.45, 2.75) is 13.0 Å². The number of nitro benzene ring substituents is 1. The van der Waals surface area contributed by atoms with E-state index in [0.717, 1.165) is 11.3 Å². The van der Waals surface area contributed by atoms with Crippen molar-refractivity contribution in [3.8, 4) is 0 Å². The van der Waals surface area contributed by atoms with E-state index in [0.29, 0.717) is 4.47 Å². The van der Waals surface area contributed by atoms with Crippen LogP contribution in [0.4, 0.5) is 11.4 Å². The topological polar surface area (TPSA) is 68.3 Å². The molecule has 1 atom stereocenters. The first kappa shape index (κ1) is 12.6. The molecular formula is C12H11BrN2O3. The fraction of sp³-hybridized carbons (Fsp3) is 0.167. The van der Waals surface area contributed by atoms with Crippen molar-refractivity contribution >= 4 is 27.3 Å². The Bertz CT molecular complexity index is 554. The van der Waals surface area contributed by atoms with E-state index in [-0.39, 0.29) is 11.7 Å². The van der Waals surface area contributed by atoms with Gasteiger partial charge in [0.2, 0.25) is 0 Å². The molecule has 0 spiro atoms. The molecule has 0 aliphatic carbocycles. The fourth-order valence-corrected chi connectivity index (χ4v) is 2.12. The molecule has 18 heavy (non-hydrogen) atoms. The molecule has 1 heterocycles. The second-order valence-corrected chi connectivity index (χ2v) is 4.70. The number of nitro groups is 1. The monoisotopic (exact) mass is 310 g/mol. The number of halogens is 1. The van der Waals surface area contributed by atoms with Gasteiger partial charge in [-0.05, 0) is 41.1 Å². The zero-order chi connectivity index (χ0) is 13.1. The van der Waals surface area contributed by atoms with E-state index in [1.54, 1.807) is 24.7 Å². The Morgan fingerprint density at radius 3 is 2.78 bits per heavy atom. The first-order chi connectivity index (χ1) is 8.58. The van der Waals surface area contributed by atoms with Gasteiger partial charge in [0.25, 0.3) is 5.69 Å². The Morgan fingerprint density at radius 2 is 2.22 bits per heavy atom. The lowest BCUT2D eigenvalue weighted by molar-refractivity contribution is -0.385. The summed E-state index contributed by atoms with van der Waals surface area (Å²) in [5, 5.41) is 13.9. The highest BCUT2D eigenvalue weighted by Crippen LogP contribution is 2.29. The molecular weight excluding hydrogens is 300 g/mol. The van der Waals surface area contributed by atoms with Crippen LogP contribution in [0.3, 0.4) is 0 Å². The van der Waals surface area contributed by atoms with Gasteiger partial charge in [-0.15, -0.1) is 0 Å². The number of hydrogen-bond acceptors (Lipinski definition) is 4. The molecule has 0 bridgehead atoms. The molecule has 0 saturated heterocycles. The largest absolute Gasteiger partial charge is 0.472 e. The normalized spacial score (nSPS) is 12.1. The number of anilines is 1. The molecule has 1 aromatic heterocycles. The SMILES string of the molecule is CC(Nc1ccc([N+](=O)[O-])c(Br)c1)c1ccoc1. The van der Waals surface area contributed by atoms with E-state index < -0.39 is 4.92 Å². The van der Waals surface area contributed by atoms with Crippen LogP contribution in [0.5, 0.6) is 0 Å². The maximum Gasteiger partial charge on any atom is 0.283 e. The average Bonchev–Trinajstić information content (AvgIpc) is 2.81. The molecule has 1 unspecified atom stereocenters. The van der Waals surface area contributed by atoms with Crippen LogP contribution in [0.1, 0.15) is 18.5 Å². The lowest BCUT2D eigenvalue weighted by Gasteiger charge is -2.13. The van der Waals surface area contributed by atoms with Crippen LogP contribution in [0, 0.1) is 10.1 Å². The minimum absolute atomic E-state index is 0.0523. The minimum Gasteiger partial charge on any atom is -0.472 e. The van der Waals surface area contributed by atoms with Crippen molar-refractivity contribution in [1.29, 1.82) is 0 Å². The molecule has 2 aromatic rings. The van der Waals surface area contributed by atoms with Crippen LogP contribution in [0.15, 0.2) is 45.7 Å². The molecule has 0 aliphatic rings. The fourth-order valence-electron chi connectivity index (χ4n) is 1.60. The molecule has 0 radical (unpaired) electrons. The first-order valence-electron chi connectivity index (χ1n) is 5.30. The van der Waals surface area contributed by atoms with Gasteiger partial charge in [-0.3, -0.25) is 10.1 Å². The highest BCUT2D eigenvalue weighted by Gasteiger charge is 2.13. The maximum absolute atomic E-state index is 10.7. The van der Waals surface area contributed by atoms with Gasteiger partial charge < -0.3 is 9.73 Å². The molecule has 0 fully saturated rings. The van der Waals surface area contributed by atoms with E-state index in [9.17, 15) is 10.1 Å². The van der Waals surface area contributed by atoms with Crippen LogP contribution in [0.2, 0.25) is 0 Å². The highest BCUT2D eigenvalue weighted by molar-refractivity contribution is 9.10. The van der Waals surface area contributed by atoms with Gasteiger partial charge >= 0.3 is 0 Å².